The molecule has 0 aliphatic heterocycles. The van der Waals surface area contributed by atoms with E-state index in [1.807, 2.05) is 48.5 Å². The van der Waals surface area contributed by atoms with Crippen molar-refractivity contribution in [3.8, 4) is 0 Å². The lowest BCUT2D eigenvalue weighted by atomic mass is 10.2. The van der Waals surface area contributed by atoms with Crippen molar-refractivity contribution in [2.45, 2.75) is 9.79 Å². The van der Waals surface area contributed by atoms with Crippen molar-refractivity contribution >= 4 is 35.3 Å². The first-order chi connectivity index (χ1) is 14.1. The molecule has 156 valence electrons. The highest BCUT2D eigenvalue weighted by Crippen LogP contribution is 2.28. The molecule has 2 amide bonds. The molecule has 6 nitrogen and oxygen atoms in total. The van der Waals surface area contributed by atoms with Gasteiger partial charge in [0.05, 0.1) is 13.2 Å². The van der Waals surface area contributed by atoms with Crippen LogP contribution in [0.1, 0.15) is 20.7 Å². The Morgan fingerprint density at radius 1 is 0.724 bits per heavy atom. The van der Waals surface area contributed by atoms with Crippen LogP contribution in [0.4, 0.5) is 0 Å². The molecule has 0 aromatic heterocycles. The highest BCUT2D eigenvalue weighted by molar-refractivity contribution is 8.16. The molecule has 0 spiro atoms. The highest BCUT2D eigenvalue weighted by atomic mass is 32.2. The summed E-state index contributed by atoms with van der Waals surface area (Å²) in [5.41, 5.74) is 1.27. The number of rotatable bonds is 12. The third-order valence-corrected chi connectivity index (χ3v) is 6.02. The van der Waals surface area contributed by atoms with Crippen LogP contribution in [0.2, 0.25) is 0 Å². The summed E-state index contributed by atoms with van der Waals surface area (Å²) in [5, 5.41) is 6.43. The van der Waals surface area contributed by atoms with Crippen LogP contribution < -0.4 is 10.6 Å². The van der Waals surface area contributed by atoms with Crippen molar-refractivity contribution in [1.29, 1.82) is 0 Å². The maximum Gasteiger partial charge on any atom is 0.251 e. The van der Waals surface area contributed by atoms with Crippen LogP contribution in [0.25, 0.3) is 0 Å². The van der Waals surface area contributed by atoms with Gasteiger partial charge in [-0.05, 0) is 48.5 Å². The van der Waals surface area contributed by atoms with Crippen LogP contribution in [0.3, 0.4) is 0 Å². The van der Waals surface area contributed by atoms with Crippen LogP contribution in [-0.2, 0) is 9.47 Å². The number of hydrogen-bond acceptors (Lipinski definition) is 6. The molecule has 0 aliphatic rings. The number of ether oxygens (including phenoxy) is 2. The molecule has 0 fully saturated rings. The van der Waals surface area contributed by atoms with Gasteiger partial charge in [-0.25, -0.2) is 0 Å². The third kappa shape index (κ3) is 8.49. The van der Waals surface area contributed by atoms with E-state index in [1.165, 1.54) is 0 Å². The van der Waals surface area contributed by atoms with Crippen LogP contribution in [0.15, 0.2) is 58.3 Å². The number of benzene rings is 2. The Morgan fingerprint density at radius 3 is 1.45 bits per heavy atom. The van der Waals surface area contributed by atoms with E-state index in [2.05, 4.69) is 10.6 Å². The van der Waals surface area contributed by atoms with E-state index in [0.717, 1.165) is 14.9 Å². The first-order valence-corrected chi connectivity index (χ1v) is 11.1. The molecule has 29 heavy (non-hydrogen) atoms. The summed E-state index contributed by atoms with van der Waals surface area (Å²) in [6.07, 6.45) is 0. The maximum atomic E-state index is 12.0. The fraction of sp³-hybridized carbons (Fsp3) is 0.333. The second-order valence-electron chi connectivity index (χ2n) is 5.95. The molecule has 0 unspecified atom stereocenters. The van der Waals surface area contributed by atoms with E-state index in [9.17, 15) is 9.59 Å². The Kier molecular flexibility index (Phi) is 10.6. The van der Waals surface area contributed by atoms with Gasteiger partial charge in [0.25, 0.3) is 11.8 Å². The maximum absolute atomic E-state index is 12.0. The molecule has 0 aliphatic carbocycles. The fourth-order valence-corrected chi connectivity index (χ4v) is 4.29. The minimum Gasteiger partial charge on any atom is -0.383 e. The second kappa shape index (κ2) is 13.3. The average Bonchev–Trinajstić information content (AvgIpc) is 2.75. The van der Waals surface area contributed by atoms with Gasteiger partial charge in [-0.15, -0.1) is 23.5 Å². The summed E-state index contributed by atoms with van der Waals surface area (Å²) < 4.78 is 9.84. The molecular weight excluding hydrogens is 408 g/mol. The van der Waals surface area contributed by atoms with Gasteiger partial charge in [0.15, 0.2) is 0 Å². The van der Waals surface area contributed by atoms with Crippen molar-refractivity contribution in [2.24, 2.45) is 0 Å². The van der Waals surface area contributed by atoms with Crippen molar-refractivity contribution in [2.75, 3.05) is 45.6 Å². The van der Waals surface area contributed by atoms with Crippen LogP contribution in [-0.4, -0.2) is 57.4 Å². The van der Waals surface area contributed by atoms with Gasteiger partial charge in [-0.3, -0.25) is 9.59 Å². The molecule has 8 heteroatoms. The first-order valence-electron chi connectivity index (χ1n) is 9.14. The van der Waals surface area contributed by atoms with Crippen LogP contribution in [0.5, 0.6) is 0 Å². The predicted octanol–water partition coefficient (Wildman–Crippen LogP) is 3.28. The minimum absolute atomic E-state index is 0.0979. The monoisotopic (exact) mass is 434 g/mol. The number of amides is 2. The number of nitrogens with one attached hydrogen (secondary N) is 2. The number of hydrogen-bond donors (Lipinski definition) is 2. The SMILES string of the molecule is COCCNC(=O)c1ccc(SCSc2ccc(C(=O)NCCOC)cc2)cc1. The molecule has 0 radical (unpaired) electrons. The molecule has 0 bridgehead atoms. The molecular formula is C21H26N2O4S2. The topological polar surface area (TPSA) is 76.7 Å². The number of carbonyl (C=O) groups excluding carboxylic acids is 2. The lowest BCUT2D eigenvalue weighted by Crippen LogP contribution is -2.26. The summed E-state index contributed by atoms with van der Waals surface area (Å²) in [7, 11) is 3.21. The normalized spacial score (nSPS) is 10.6. The van der Waals surface area contributed by atoms with E-state index >= 15 is 0 Å². The first kappa shape index (κ1) is 23.3. The largest absolute Gasteiger partial charge is 0.383 e. The highest BCUT2D eigenvalue weighted by Gasteiger charge is 2.06. The predicted molar refractivity (Wildman–Crippen MR) is 118 cm³/mol. The van der Waals surface area contributed by atoms with Gasteiger partial charge >= 0.3 is 0 Å². The zero-order valence-corrected chi connectivity index (χ0v) is 18.2. The van der Waals surface area contributed by atoms with Gasteiger partial charge in [0.2, 0.25) is 0 Å². The quantitative estimate of drug-likeness (QED) is 0.303. The standard InChI is InChI=1S/C21H26N2O4S2/c1-26-13-11-22-20(24)16-3-7-18(8-4-16)28-15-29-19-9-5-17(6-10-19)21(25)23-12-14-27-2/h3-10H,11-15H2,1-2H3,(H,22,24)(H,23,25). The van der Waals surface area contributed by atoms with E-state index in [-0.39, 0.29) is 11.8 Å². The zero-order valence-electron chi connectivity index (χ0n) is 16.6. The Labute approximate surface area is 180 Å². The van der Waals surface area contributed by atoms with Crippen molar-refractivity contribution in [3.05, 3.63) is 59.7 Å². The van der Waals surface area contributed by atoms with Crippen molar-refractivity contribution in [3.63, 3.8) is 0 Å². The Hall–Kier alpha value is -2.00. The molecule has 0 saturated carbocycles. The molecule has 0 atom stereocenters. The van der Waals surface area contributed by atoms with Crippen LogP contribution in [0, 0.1) is 0 Å². The molecule has 2 N–H and O–H groups in total. The Balaban J connectivity index is 1.75. The lowest BCUT2D eigenvalue weighted by molar-refractivity contribution is 0.0929. The Bertz CT molecular complexity index is 702. The van der Waals surface area contributed by atoms with Crippen LogP contribution >= 0.6 is 23.5 Å². The van der Waals surface area contributed by atoms with E-state index in [0.29, 0.717) is 37.4 Å². The fourth-order valence-electron chi connectivity index (χ4n) is 2.31. The summed E-state index contributed by atoms with van der Waals surface area (Å²) in [5.74, 6) is -0.196. The summed E-state index contributed by atoms with van der Waals surface area (Å²) in [6.45, 7) is 1.99. The number of carbonyl (C=O) groups is 2. The molecule has 0 saturated heterocycles. The van der Waals surface area contributed by atoms with Crippen molar-refractivity contribution < 1.29 is 19.1 Å². The van der Waals surface area contributed by atoms with E-state index < -0.39 is 0 Å². The third-order valence-electron chi connectivity index (χ3n) is 3.87. The van der Waals surface area contributed by atoms with E-state index in [1.54, 1.807) is 37.7 Å². The summed E-state index contributed by atoms with van der Waals surface area (Å²) in [6, 6.07) is 15.1. The molecule has 2 aromatic rings. The van der Waals surface area contributed by atoms with E-state index in [4.69, 9.17) is 9.47 Å². The molecule has 2 aromatic carbocycles. The van der Waals surface area contributed by atoms with Crippen molar-refractivity contribution in [1.82, 2.24) is 10.6 Å². The van der Waals surface area contributed by atoms with Gasteiger partial charge in [-0.2, -0.15) is 0 Å². The molecule has 0 heterocycles. The smallest absolute Gasteiger partial charge is 0.251 e. The zero-order chi connectivity index (χ0) is 20.9. The molecule has 2 rings (SSSR count). The minimum atomic E-state index is -0.0979. The lowest BCUT2D eigenvalue weighted by Gasteiger charge is -2.07. The van der Waals surface area contributed by atoms with Gasteiger partial charge in [0.1, 0.15) is 0 Å². The summed E-state index contributed by atoms with van der Waals surface area (Å²) >= 11 is 3.40. The Morgan fingerprint density at radius 2 is 1.10 bits per heavy atom. The number of thioether (sulfide) groups is 2. The van der Waals surface area contributed by atoms with Gasteiger partial charge in [-0.1, -0.05) is 0 Å². The number of methoxy groups -OCH3 is 2. The van der Waals surface area contributed by atoms with Gasteiger partial charge < -0.3 is 20.1 Å². The average molecular weight is 435 g/mol. The summed E-state index contributed by atoms with van der Waals surface area (Å²) in [4.78, 5) is 26.1. The second-order valence-corrected chi connectivity index (χ2v) is 8.42. The van der Waals surface area contributed by atoms with Gasteiger partial charge in [0, 0.05) is 53.3 Å².